The lowest BCUT2D eigenvalue weighted by Gasteiger charge is -2.31. The van der Waals surface area contributed by atoms with Crippen molar-refractivity contribution >= 4 is 11.7 Å². The molecule has 0 aromatic heterocycles. The Bertz CT molecular complexity index is 675. The smallest absolute Gasteiger partial charge is 0.373 e. The molecule has 0 radical (unpaired) electrons. The van der Waals surface area contributed by atoms with E-state index in [0.29, 0.717) is 6.61 Å². The van der Waals surface area contributed by atoms with Gasteiger partial charge < -0.3 is 10.1 Å². The number of ketones is 1. The van der Waals surface area contributed by atoms with Crippen molar-refractivity contribution in [1.29, 1.82) is 0 Å². The predicted octanol–water partition coefficient (Wildman–Crippen LogP) is 3.89. The van der Waals surface area contributed by atoms with E-state index in [1.165, 1.54) is 12.1 Å². The molecule has 1 spiro atoms. The number of hydrogen-bond donors (Lipinski definition) is 1. The van der Waals surface area contributed by atoms with Gasteiger partial charge in [0.25, 0.3) is 0 Å². The second-order valence-electron chi connectivity index (χ2n) is 7.03. The molecule has 2 atom stereocenters. The highest BCUT2D eigenvalue weighted by molar-refractivity contribution is 5.98. The average molecular weight is 369 g/mol. The number of amides is 1. The topological polar surface area (TPSA) is 55.4 Å². The van der Waals surface area contributed by atoms with Crippen LogP contribution in [0.1, 0.15) is 60.9 Å². The molecule has 1 amide bonds. The highest BCUT2D eigenvalue weighted by Crippen LogP contribution is 2.41. The molecule has 2 fully saturated rings. The van der Waals surface area contributed by atoms with Crippen molar-refractivity contribution in [1.82, 2.24) is 5.32 Å². The third-order valence-corrected chi connectivity index (χ3v) is 5.29. The summed E-state index contributed by atoms with van der Waals surface area (Å²) >= 11 is 0. The number of nitrogens with one attached hydrogen (secondary N) is 1. The Hall–Kier alpha value is -1.89. The van der Waals surface area contributed by atoms with E-state index in [1.54, 1.807) is 0 Å². The van der Waals surface area contributed by atoms with Gasteiger partial charge in [-0.1, -0.05) is 12.1 Å². The maximum absolute atomic E-state index is 12.7. The van der Waals surface area contributed by atoms with E-state index < -0.39 is 17.5 Å². The summed E-state index contributed by atoms with van der Waals surface area (Å²) in [5.74, 6) is -0.725. The van der Waals surface area contributed by atoms with Crippen molar-refractivity contribution < 1.29 is 27.5 Å². The molecule has 1 unspecified atom stereocenters. The minimum Gasteiger partial charge on any atom is -0.373 e. The first kappa shape index (κ1) is 18.9. The van der Waals surface area contributed by atoms with Gasteiger partial charge in [-0.05, 0) is 44.2 Å². The van der Waals surface area contributed by atoms with Crippen LogP contribution in [0.2, 0.25) is 0 Å². The van der Waals surface area contributed by atoms with Gasteiger partial charge in [-0.3, -0.25) is 9.59 Å². The van der Waals surface area contributed by atoms with E-state index in [9.17, 15) is 22.8 Å². The Morgan fingerprint density at radius 3 is 2.65 bits per heavy atom. The van der Waals surface area contributed by atoms with Crippen LogP contribution in [-0.2, 0) is 15.7 Å². The van der Waals surface area contributed by atoms with Gasteiger partial charge >= 0.3 is 6.18 Å². The van der Waals surface area contributed by atoms with E-state index in [4.69, 9.17) is 4.74 Å². The quantitative estimate of drug-likeness (QED) is 0.802. The maximum atomic E-state index is 12.7. The molecular weight excluding hydrogens is 347 g/mol. The molecule has 1 aliphatic carbocycles. The molecular formula is C19H22F3NO3. The SMILES string of the molecule is O=C(CCC(=O)c1cccc(C(F)(F)F)c1)N[C@H]1CCCC12CCCO2. The Kier molecular flexibility index (Phi) is 5.37. The van der Waals surface area contributed by atoms with Crippen molar-refractivity contribution in [2.45, 2.75) is 62.8 Å². The largest absolute Gasteiger partial charge is 0.416 e. The van der Waals surface area contributed by atoms with Gasteiger partial charge in [-0.25, -0.2) is 0 Å². The first-order valence-electron chi connectivity index (χ1n) is 8.94. The molecule has 1 heterocycles. The van der Waals surface area contributed by atoms with Gasteiger partial charge in [0.05, 0.1) is 17.2 Å². The number of hydrogen-bond acceptors (Lipinski definition) is 3. The van der Waals surface area contributed by atoms with Gasteiger partial charge in [0.15, 0.2) is 5.78 Å². The summed E-state index contributed by atoms with van der Waals surface area (Å²) in [6.07, 6.45) is 0.0468. The average Bonchev–Trinajstić information content (AvgIpc) is 3.23. The zero-order chi connectivity index (χ0) is 18.8. The summed E-state index contributed by atoms with van der Waals surface area (Å²) in [6.45, 7) is 0.709. The zero-order valence-corrected chi connectivity index (χ0v) is 14.4. The second-order valence-corrected chi connectivity index (χ2v) is 7.03. The number of halogens is 3. The number of benzene rings is 1. The first-order chi connectivity index (χ1) is 12.3. The van der Waals surface area contributed by atoms with Crippen molar-refractivity contribution in [3.63, 3.8) is 0 Å². The number of carbonyl (C=O) groups is 2. The molecule has 3 rings (SSSR count). The summed E-state index contributed by atoms with van der Waals surface area (Å²) in [5.41, 5.74) is -1.15. The van der Waals surface area contributed by atoms with Gasteiger partial charge in [-0.15, -0.1) is 0 Å². The van der Waals surface area contributed by atoms with Crippen LogP contribution in [0.4, 0.5) is 13.2 Å². The summed E-state index contributed by atoms with van der Waals surface area (Å²) in [4.78, 5) is 24.3. The zero-order valence-electron chi connectivity index (χ0n) is 14.4. The third kappa shape index (κ3) is 4.09. The standard InChI is InChI=1S/C19H22F3NO3/c20-19(21,22)14-5-1-4-13(12-14)15(24)7-8-17(25)23-16-6-2-9-18(16)10-3-11-26-18/h1,4-5,12,16H,2-3,6-11H2,(H,23,25)/t16-,18?/m0/s1. The minimum atomic E-state index is -4.49. The Labute approximate surface area is 150 Å². The fraction of sp³-hybridized carbons (Fsp3) is 0.579. The van der Waals surface area contributed by atoms with Gasteiger partial charge in [0, 0.05) is 25.0 Å². The number of ether oxygens (including phenoxy) is 1. The van der Waals surface area contributed by atoms with Crippen LogP contribution in [0.15, 0.2) is 24.3 Å². The second kappa shape index (κ2) is 7.39. The summed E-state index contributed by atoms with van der Waals surface area (Å²) in [6, 6.07) is 4.26. The Morgan fingerprint density at radius 1 is 1.19 bits per heavy atom. The number of alkyl halides is 3. The molecule has 1 saturated carbocycles. The maximum Gasteiger partial charge on any atom is 0.416 e. The molecule has 1 aromatic rings. The summed E-state index contributed by atoms with van der Waals surface area (Å²) < 4.78 is 44.1. The lowest BCUT2D eigenvalue weighted by atomic mass is 9.94. The van der Waals surface area contributed by atoms with Crippen LogP contribution in [0.25, 0.3) is 0 Å². The fourth-order valence-corrected chi connectivity index (χ4v) is 3.94. The van der Waals surface area contributed by atoms with Crippen LogP contribution in [0.3, 0.4) is 0 Å². The molecule has 1 saturated heterocycles. The van der Waals surface area contributed by atoms with Gasteiger partial charge in [0.1, 0.15) is 0 Å². The molecule has 7 heteroatoms. The van der Waals surface area contributed by atoms with E-state index in [-0.39, 0.29) is 36.0 Å². The molecule has 4 nitrogen and oxygen atoms in total. The van der Waals surface area contributed by atoms with Gasteiger partial charge in [0.2, 0.25) is 5.91 Å². The molecule has 1 aromatic carbocycles. The molecule has 1 aliphatic heterocycles. The Morgan fingerprint density at radius 2 is 1.96 bits per heavy atom. The highest BCUT2D eigenvalue weighted by atomic mass is 19.4. The van der Waals surface area contributed by atoms with Crippen LogP contribution >= 0.6 is 0 Å². The Balaban J connectivity index is 1.54. The van der Waals surface area contributed by atoms with Crippen molar-refractivity contribution in [3.8, 4) is 0 Å². The molecule has 142 valence electrons. The summed E-state index contributed by atoms with van der Waals surface area (Å²) in [7, 11) is 0. The van der Waals surface area contributed by atoms with Crippen molar-refractivity contribution in [3.05, 3.63) is 35.4 Å². The molecule has 26 heavy (non-hydrogen) atoms. The fourth-order valence-electron chi connectivity index (χ4n) is 3.94. The van der Waals surface area contributed by atoms with Crippen LogP contribution in [0, 0.1) is 0 Å². The number of rotatable bonds is 5. The van der Waals surface area contributed by atoms with Crippen LogP contribution in [-0.4, -0.2) is 29.9 Å². The highest BCUT2D eigenvalue weighted by Gasteiger charge is 2.46. The first-order valence-corrected chi connectivity index (χ1v) is 8.94. The normalized spacial score (nSPS) is 25.6. The minimum absolute atomic E-state index is 0.0240. The number of Topliss-reactive ketones (excluding diaryl/α,β-unsaturated/α-hetero) is 1. The van der Waals surface area contributed by atoms with Crippen LogP contribution < -0.4 is 5.32 Å². The molecule has 2 aliphatic rings. The lowest BCUT2D eigenvalue weighted by Crippen LogP contribution is -2.48. The monoisotopic (exact) mass is 369 g/mol. The van der Waals surface area contributed by atoms with E-state index in [2.05, 4.69) is 5.32 Å². The molecule has 1 N–H and O–H groups in total. The van der Waals surface area contributed by atoms with Crippen LogP contribution in [0.5, 0.6) is 0 Å². The summed E-state index contributed by atoms with van der Waals surface area (Å²) in [5, 5.41) is 2.96. The van der Waals surface area contributed by atoms with Crippen molar-refractivity contribution in [2.75, 3.05) is 6.61 Å². The lowest BCUT2D eigenvalue weighted by molar-refractivity contribution is -0.137. The van der Waals surface area contributed by atoms with E-state index >= 15 is 0 Å². The van der Waals surface area contributed by atoms with Gasteiger partial charge in [-0.2, -0.15) is 13.2 Å². The predicted molar refractivity (Wildman–Crippen MR) is 88.7 cm³/mol. The number of carbonyl (C=O) groups excluding carboxylic acids is 2. The molecule has 0 bridgehead atoms. The van der Waals surface area contributed by atoms with E-state index in [1.807, 2.05) is 0 Å². The van der Waals surface area contributed by atoms with Crippen molar-refractivity contribution in [2.24, 2.45) is 0 Å². The third-order valence-electron chi connectivity index (χ3n) is 5.29. The van der Waals surface area contributed by atoms with E-state index in [0.717, 1.165) is 44.2 Å².